The van der Waals surface area contributed by atoms with E-state index in [0.29, 0.717) is 11.4 Å². The van der Waals surface area contributed by atoms with Crippen molar-refractivity contribution < 1.29 is 9.90 Å². The van der Waals surface area contributed by atoms with Gasteiger partial charge in [-0.3, -0.25) is 4.79 Å². The number of carboxylic acid groups (broad SMARTS) is 1. The fourth-order valence-electron chi connectivity index (χ4n) is 0.971. The molecule has 0 aliphatic heterocycles. The van der Waals surface area contributed by atoms with Crippen LogP contribution in [0.5, 0.6) is 0 Å². The smallest absolute Gasteiger partial charge is 0.309 e. The third kappa shape index (κ3) is 3.42. The molecule has 0 aliphatic carbocycles. The summed E-state index contributed by atoms with van der Waals surface area (Å²) in [6, 6.07) is 5.60. The van der Waals surface area contributed by atoms with E-state index in [0.717, 1.165) is 9.37 Å². The van der Waals surface area contributed by atoms with E-state index in [-0.39, 0.29) is 0 Å². The molecule has 0 aliphatic rings. The van der Waals surface area contributed by atoms with Crippen molar-refractivity contribution in [3.63, 3.8) is 0 Å². The average molecular weight is 304 g/mol. The number of anilines is 1. The van der Waals surface area contributed by atoms with Gasteiger partial charge in [0.2, 0.25) is 0 Å². The van der Waals surface area contributed by atoms with E-state index in [4.69, 9.17) is 10.8 Å². The number of aliphatic carboxylic acids is 1. The van der Waals surface area contributed by atoms with E-state index in [9.17, 15) is 4.79 Å². The zero-order valence-electron chi connectivity index (χ0n) is 9.16. The Labute approximate surface area is 108 Å². The van der Waals surface area contributed by atoms with Crippen LogP contribution in [0.1, 0.15) is 13.8 Å². The summed E-state index contributed by atoms with van der Waals surface area (Å²) in [6.07, 6.45) is 0. The standard InChI is InChI=1S/C11H14BrNO2S/c1-11(2,10(14)15)6-16-9-4-3-7(12)5-8(9)13/h3-5H,6,13H2,1-2H3,(H,14,15). The third-order valence-corrected chi connectivity index (χ3v) is 4.18. The molecule has 5 heteroatoms. The Morgan fingerprint density at radius 2 is 2.19 bits per heavy atom. The molecule has 0 atom stereocenters. The quantitative estimate of drug-likeness (QED) is 0.662. The summed E-state index contributed by atoms with van der Waals surface area (Å²) < 4.78 is 0.923. The lowest BCUT2D eigenvalue weighted by molar-refractivity contribution is -0.145. The Bertz CT molecular complexity index is 407. The molecule has 16 heavy (non-hydrogen) atoms. The van der Waals surface area contributed by atoms with Gasteiger partial charge in [0.1, 0.15) is 0 Å². The first-order chi connectivity index (χ1) is 7.33. The Morgan fingerprint density at radius 3 is 2.69 bits per heavy atom. The number of benzene rings is 1. The molecule has 0 heterocycles. The summed E-state index contributed by atoms with van der Waals surface area (Å²) in [5.74, 6) is -0.301. The Hall–Kier alpha value is -0.680. The SMILES string of the molecule is CC(C)(CSc1ccc(Br)cc1N)C(=O)O. The molecule has 0 bridgehead atoms. The van der Waals surface area contributed by atoms with Gasteiger partial charge in [-0.15, -0.1) is 11.8 Å². The topological polar surface area (TPSA) is 63.3 Å². The van der Waals surface area contributed by atoms with E-state index in [2.05, 4.69) is 15.9 Å². The van der Waals surface area contributed by atoms with Gasteiger partial charge in [0, 0.05) is 20.8 Å². The summed E-state index contributed by atoms with van der Waals surface area (Å²) >= 11 is 4.79. The summed E-state index contributed by atoms with van der Waals surface area (Å²) in [4.78, 5) is 11.8. The number of rotatable bonds is 4. The number of halogens is 1. The van der Waals surface area contributed by atoms with Crippen LogP contribution in [-0.2, 0) is 4.79 Å². The molecule has 0 saturated heterocycles. The molecule has 3 N–H and O–H groups in total. The molecule has 1 rings (SSSR count). The molecule has 1 aromatic rings. The van der Waals surface area contributed by atoms with Crippen molar-refractivity contribution in [2.45, 2.75) is 18.7 Å². The maximum Gasteiger partial charge on any atom is 0.309 e. The molecule has 0 radical (unpaired) electrons. The van der Waals surface area contributed by atoms with Crippen molar-refractivity contribution in [3.05, 3.63) is 22.7 Å². The number of carboxylic acids is 1. The van der Waals surface area contributed by atoms with Crippen LogP contribution < -0.4 is 5.73 Å². The van der Waals surface area contributed by atoms with Gasteiger partial charge in [-0.25, -0.2) is 0 Å². The van der Waals surface area contributed by atoms with Crippen LogP contribution in [0.25, 0.3) is 0 Å². The molecular weight excluding hydrogens is 290 g/mol. The first kappa shape index (κ1) is 13.4. The monoisotopic (exact) mass is 303 g/mol. The lowest BCUT2D eigenvalue weighted by atomic mass is 9.97. The predicted octanol–water partition coefficient (Wildman–Crippen LogP) is 3.23. The van der Waals surface area contributed by atoms with Crippen LogP contribution in [0.2, 0.25) is 0 Å². The van der Waals surface area contributed by atoms with Crippen molar-refractivity contribution in [3.8, 4) is 0 Å². The highest BCUT2D eigenvalue weighted by Crippen LogP contribution is 2.32. The van der Waals surface area contributed by atoms with Crippen LogP contribution in [-0.4, -0.2) is 16.8 Å². The van der Waals surface area contributed by atoms with Crippen molar-refractivity contribution in [2.75, 3.05) is 11.5 Å². The molecule has 0 amide bonds. The minimum absolute atomic E-state index is 0.494. The van der Waals surface area contributed by atoms with Crippen molar-refractivity contribution in [1.29, 1.82) is 0 Å². The number of carbonyl (C=O) groups is 1. The highest BCUT2D eigenvalue weighted by Gasteiger charge is 2.27. The van der Waals surface area contributed by atoms with E-state index < -0.39 is 11.4 Å². The molecule has 0 unspecified atom stereocenters. The van der Waals surface area contributed by atoms with Crippen molar-refractivity contribution in [2.24, 2.45) is 5.41 Å². The normalized spacial score (nSPS) is 11.4. The van der Waals surface area contributed by atoms with Crippen molar-refractivity contribution in [1.82, 2.24) is 0 Å². The molecule has 88 valence electrons. The van der Waals surface area contributed by atoms with E-state index in [1.807, 2.05) is 18.2 Å². The Balaban J connectivity index is 2.72. The lowest BCUT2D eigenvalue weighted by Gasteiger charge is -2.18. The van der Waals surface area contributed by atoms with Crippen LogP contribution in [0.3, 0.4) is 0 Å². The lowest BCUT2D eigenvalue weighted by Crippen LogP contribution is -2.26. The van der Waals surface area contributed by atoms with Gasteiger partial charge in [-0.2, -0.15) is 0 Å². The summed E-state index contributed by atoms with van der Waals surface area (Å²) in [6.45, 7) is 3.41. The maximum absolute atomic E-state index is 10.9. The zero-order chi connectivity index (χ0) is 12.3. The summed E-state index contributed by atoms with van der Waals surface area (Å²) in [5, 5.41) is 8.98. The summed E-state index contributed by atoms with van der Waals surface area (Å²) in [5.41, 5.74) is 5.75. The Morgan fingerprint density at radius 1 is 1.56 bits per heavy atom. The zero-order valence-corrected chi connectivity index (χ0v) is 11.6. The molecule has 3 nitrogen and oxygen atoms in total. The minimum atomic E-state index is -0.796. The van der Waals surface area contributed by atoms with Crippen LogP contribution in [0.15, 0.2) is 27.6 Å². The highest BCUT2D eigenvalue weighted by molar-refractivity contribution is 9.10. The fraction of sp³-hybridized carbons (Fsp3) is 0.364. The molecule has 1 aromatic carbocycles. The number of nitrogen functional groups attached to an aromatic ring is 1. The van der Waals surface area contributed by atoms with E-state index in [1.165, 1.54) is 11.8 Å². The van der Waals surface area contributed by atoms with Crippen LogP contribution >= 0.6 is 27.7 Å². The van der Waals surface area contributed by atoms with Crippen LogP contribution in [0, 0.1) is 5.41 Å². The molecular formula is C11H14BrNO2S. The van der Waals surface area contributed by atoms with Gasteiger partial charge in [-0.1, -0.05) is 15.9 Å². The van der Waals surface area contributed by atoms with E-state index in [1.54, 1.807) is 13.8 Å². The number of thioether (sulfide) groups is 1. The molecule has 0 saturated carbocycles. The first-order valence-corrected chi connectivity index (χ1v) is 6.52. The molecule has 0 spiro atoms. The maximum atomic E-state index is 10.9. The average Bonchev–Trinajstić information content (AvgIpc) is 2.16. The fourth-order valence-corrected chi connectivity index (χ4v) is 2.38. The number of nitrogens with two attached hydrogens (primary N) is 1. The van der Waals surface area contributed by atoms with Gasteiger partial charge in [-0.05, 0) is 32.0 Å². The predicted molar refractivity (Wildman–Crippen MR) is 70.7 cm³/mol. The highest BCUT2D eigenvalue weighted by atomic mass is 79.9. The minimum Gasteiger partial charge on any atom is -0.481 e. The van der Waals surface area contributed by atoms with Gasteiger partial charge in [0.15, 0.2) is 0 Å². The van der Waals surface area contributed by atoms with Gasteiger partial charge in [0.25, 0.3) is 0 Å². The van der Waals surface area contributed by atoms with Crippen molar-refractivity contribution >= 4 is 39.3 Å². The molecule has 0 fully saturated rings. The van der Waals surface area contributed by atoms with Gasteiger partial charge >= 0.3 is 5.97 Å². The van der Waals surface area contributed by atoms with Gasteiger partial charge < -0.3 is 10.8 Å². The second kappa shape index (κ2) is 5.10. The molecule has 0 aromatic heterocycles. The number of hydrogen-bond donors (Lipinski definition) is 2. The Kier molecular flexibility index (Phi) is 4.27. The first-order valence-electron chi connectivity index (χ1n) is 4.74. The van der Waals surface area contributed by atoms with Crippen LogP contribution in [0.4, 0.5) is 5.69 Å². The summed E-state index contributed by atoms with van der Waals surface area (Å²) in [7, 11) is 0. The number of hydrogen-bond acceptors (Lipinski definition) is 3. The second-order valence-corrected chi connectivity index (χ2v) is 6.09. The largest absolute Gasteiger partial charge is 0.481 e. The third-order valence-electron chi connectivity index (χ3n) is 2.14. The second-order valence-electron chi connectivity index (χ2n) is 4.16. The van der Waals surface area contributed by atoms with E-state index >= 15 is 0 Å². The van der Waals surface area contributed by atoms with Gasteiger partial charge in [0.05, 0.1) is 5.41 Å².